The SMILES string of the molecule is Oc1cc(O)cc(CCCCCC/C=C\CCCCCCc2cc(O)cc(O)c2)c1. The third-order valence-corrected chi connectivity index (χ3v) is 5.26. The number of benzene rings is 2. The number of hydrogen-bond donors (Lipinski definition) is 4. The van der Waals surface area contributed by atoms with Crippen molar-refractivity contribution in [3.63, 3.8) is 0 Å². The molecule has 0 saturated heterocycles. The Kier molecular flexibility index (Phi) is 10.7. The number of phenolic OH excluding ortho intramolecular Hbond substituents is 4. The summed E-state index contributed by atoms with van der Waals surface area (Å²) in [5, 5.41) is 37.9. The van der Waals surface area contributed by atoms with Crippen LogP contribution in [0.3, 0.4) is 0 Å². The first-order chi connectivity index (χ1) is 14.5. The van der Waals surface area contributed by atoms with E-state index in [0.29, 0.717) is 0 Å². The zero-order valence-corrected chi connectivity index (χ0v) is 17.9. The monoisotopic (exact) mass is 412 g/mol. The van der Waals surface area contributed by atoms with Gasteiger partial charge in [-0.05, 0) is 86.8 Å². The summed E-state index contributed by atoms with van der Waals surface area (Å²) in [5.74, 6) is 0.526. The van der Waals surface area contributed by atoms with Gasteiger partial charge in [0.2, 0.25) is 0 Å². The number of rotatable bonds is 14. The Morgan fingerprint density at radius 1 is 0.433 bits per heavy atom. The Hall–Kier alpha value is -2.62. The zero-order chi connectivity index (χ0) is 21.6. The summed E-state index contributed by atoms with van der Waals surface area (Å²) in [4.78, 5) is 0. The molecule has 0 heterocycles. The van der Waals surface area contributed by atoms with Crippen molar-refractivity contribution in [2.75, 3.05) is 0 Å². The third kappa shape index (κ3) is 10.2. The Morgan fingerprint density at radius 2 is 0.767 bits per heavy atom. The van der Waals surface area contributed by atoms with Crippen molar-refractivity contribution in [1.29, 1.82) is 0 Å². The molecule has 164 valence electrons. The summed E-state index contributed by atoms with van der Waals surface area (Å²) < 4.78 is 0. The van der Waals surface area contributed by atoms with Crippen LogP contribution >= 0.6 is 0 Å². The summed E-state index contributed by atoms with van der Waals surface area (Å²) >= 11 is 0. The molecule has 4 nitrogen and oxygen atoms in total. The van der Waals surface area contributed by atoms with Crippen LogP contribution in [0.1, 0.15) is 75.3 Å². The van der Waals surface area contributed by atoms with E-state index in [9.17, 15) is 20.4 Å². The van der Waals surface area contributed by atoms with Gasteiger partial charge in [0.25, 0.3) is 0 Å². The van der Waals surface area contributed by atoms with Crippen LogP contribution < -0.4 is 0 Å². The second kappa shape index (κ2) is 13.6. The number of phenols is 4. The van der Waals surface area contributed by atoms with Gasteiger partial charge in [0, 0.05) is 12.1 Å². The summed E-state index contributed by atoms with van der Waals surface area (Å²) in [5.41, 5.74) is 1.99. The molecular formula is C26H36O4. The molecule has 30 heavy (non-hydrogen) atoms. The molecule has 0 amide bonds. The minimum atomic E-state index is 0.131. The third-order valence-electron chi connectivity index (χ3n) is 5.26. The van der Waals surface area contributed by atoms with Gasteiger partial charge in [0.15, 0.2) is 0 Å². The average Bonchev–Trinajstić information content (AvgIpc) is 2.66. The van der Waals surface area contributed by atoms with Gasteiger partial charge < -0.3 is 20.4 Å². The molecule has 0 spiro atoms. The van der Waals surface area contributed by atoms with Crippen LogP contribution in [0, 0.1) is 0 Å². The molecule has 0 aliphatic rings. The molecule has 0 saturated carbocycles. The molecule has 0 fully saturated rings. The van der Waals surface area contributed by atoms with E-state index in [1.165, 1.54) is 50.7 Å². The lowest BCUT2D eigenvalue weighted by Crippen LogP contribution is -1.86. The molecule has 0 aliphatic carbocycles. The first-order valence-corrected chi connectivity index (χ1v) is 11.2. The number of allylic oxidation sites excluding steroid dienone is 2. The van der Waals surface area contributed by atoms with Gasteiger partial charge in [0.05, 0.1) is 0 Å². The molecule has 0 aliphatic heterocycles. The fraction of sp³-hybridized carbons (Fsp3) is 0.462. The maximum atomic E-state index is 9.48. The highest BCUT2D eigenvalue weighted by atomic mass is 16.3. The lowest BCUT2D eigenvalue weighted by atomic mass is 10.0. The van der Waals surface area contributed by atoms with Crippen molar-refractivity contribution >= 4 is 0 Å². The largest absolute Gasteiger partial charge is 0.508 e. The highest BCUT2D eigenvalue weighted by molar-refractivity contribution is 5.37. The van der Waals surface area contributed by atoms with Crippen LogP contribution in [0.25, 0.3) is 0 Å². The molecule has 0 bridgehead atoms. The van der Waals surface area contributed by atoms with E-state index in [1.54, 1.807) is 24.3 Å². The maximum absolute atomic E-state index is 9.48. The molecule has 2 aromatic rings. The van der Waals surface area contributed by atoms with Gasteiger partial charge in [-0.15, -0.1) is 0 Å². The second-order valence-electron chi connectivity index (χ2n) is 8.09. The van der Waals surface area contributed by atoms with Gasteiger partial charge >= 0.3 is 0 Å². The average molecular weight is 413 g/mol. The fourth-order valence-corrected chi connectivity index (χ4v) is 3.73. The van der Waals surface area contributed by atoms with Gasteiger partial charge in [-0.1, -0.05) is 37.8 Å². The van der Waals surface area contributed by atoms with Gasteiger partial charge in [-0.3, -0.25) is 0 Å². The normalized spacial score (nSPS) is 11.3. The standard InChI is InChI=1S/C26H36O4/c27-23-15-21(16-24(28)19-23)13-11-9-7-5-3-1-2-4-6-8-10-12-14-22-17-25(29)20-26(30)18-22/h1-2,15-20,27-30H,3-14H2/b2-1-. The molecule has 0 aromatic heterocycles. The predicted octanol–water partition coefficient (Wildman–Crippen LogP) is 6.75. The Morgan fingerprint density at radius 3 is 1.13 bits per heavy atom. The minimum absolute atomic E-state index is 0.131. The summed E-state index contributed by atoms with van der Waals surface area (Å²) in [6, 6.07) is 9.61. The number of unbranched alkanes of at least 4 members (excludes halogenated alkanes) is 8. The van der Waals surface area contributed by atoms with Crippen molar-refractivity contribution in [1.82, 2.24) is 0 Å². The quantitative estimate of drug-likeness (QED) is 0.204. The van der Waals surface area contributed by atoms with Crippen LogP contribution in [0.5, 0.6) is 23.0 Å². The molecule has 0 unspecified atom stereocenters. The van der Waals surface area contributed by atoms with Crippen LogP contribution in [-0.2, 0) is 12.8 Å². The molecule has 0 atom stereocenters. The second-order valence-corrected chi connectivity index (χ2v) is 8.09. The van der Waals surface area contributed by atoms with Gasteiger partial charge in [-0.2, -0.15) is 0 Å². The van der Waals surface area contributed by atoms with E-state index in [0.717, 1.165) is 49.7 Å². The number of aromatic hydroxyl groups is 4. The first kappa shape index (κ1) is 23.7. The van der Waals surface area contributed by atoms with E-state index in [1.807, 2.05) is 0 Å². The summed E-state index contributed by atoms with van der Waals surface area (Å²) in [6.07, 6.45) is 18.0. The molecule has 2 aromatic carbocycles. The number of hydrogen-bond acceptors (Lipinski definition) is 4. The van der Waals surface area contributed by atoms with Crippen molar-refractivity contribution in [2.24, 2.45) is 0 Å². The summed E-state index contributed by atoms with van der Waals surface area (Å²) in [6.45, 7) is 0. The highest BCUT2D eigenvalue weighted by Gasteiger charge is 2.00. The van der Waals surface area contributed by atoms with Gasteiger partial charge in [-0.25, -0.2) is 0 Å². The maximum Gasteiger partial charge on any atom is 0.119 e. The smallest absolute Gasteiger partial charge is 0.119 e. The van der Waals surface area contributed by atoms with Gasteiger partial charge in [0.1, 0.15) is 23.0 Å². The van der Waals surface area contributed by atoms with E-state index in [2.05, 4.69) is 12.2 Å². The molecule has 0 radical (unpaired) electrons. The van der Waals surface area contributed by atoms with E-state index in [4.69, 9.17) is 0 Å². The topological polar surface area (TPSA) is 80.9 Å². The van der Waals surface area contributed by atoms with E-state index in [-0.39, 0.29) is 23.0 Å². The lowest BCUT2D eigenvalue weighted by molar-refractivity contribution is 0.447. The van der Waals surface area contributed by atoms with Crippen molar-refractivity contribution in [3.05, 3.63) is 59.7 Å². The van der Waals surface area contributed by atoms with E-state index >= 15 is 0 Å². The molecule has 2 rings (SSSR count). The fourth-order valence-electron chi connectivity index (χ4n) is 3.73. The molecular weight excluding hydrogens is 376 g/mol. The zero-order valence-electron chi connectivity index (χ0n) is 17.9. The van der Waals surface area contributed by atoms with Crippen molar-refractivity contribution in [3.8, 4) is 23.0 Å². The summed E-state index contributed by atoms with van der Waals surface area (Å²) in [7, 11) is 0. The Labute approximate surface area is 180 Å². The number of aryl methyl sites for hydroxylation is 2. The van der Waals surface area contributed by atoms with Crippen LogP contribution in [0.4, 0.5) is 0 Å². The molecule has 4 N–H and O–H groups in total. The van der Waals surface area contributed by atoms with Crippen molar-refractivity contribution < 1.29 is 20.4 Å². The predicted molar refractivity (Wildman–Crippen MR) is 122 cm³/mol. The van der Waals surface area contributed by atoms with Crippen LogP contribution in [-0.4, -0.2) is 20.4 Å². The highest BCUT2D eigenvalue weighted by Crippen LogP contribution is 2.23. The van der Waals surface area contributed by atoms with Crippen LogP contribution in [0.2, 0.25) is 0 Å². The minimum Gasteiger partial charge on any atom is -0.508 e. The molecule has 4 heteroatoms. The Balaban J connectivity index is 1.40. The Bertz CT molecular complexity index is 677. The van der Waals surface area contributed by atoms with E-state index < -0.39 is 0 Å². The first-order valence-electron chi connectivity index (χ1n) is 11.2. The van der Waals surface area contributed by atoms with Crippen molar-refractivity contribution in [2.45, 2.75) is 77.0 Å². The van der Waals surface area contributed by atoms with Crippen LogP contribution in [0.15, 0.2) is 48.6 Å². The lowest BCUT2D eigenvalue weighted by Gasteiger charge is -2.04.